The summed E-state index contributed by atoms with van der Waals surface area (Å²) in [6, 6.07) is 3.66. The lowest BCUT2D eigenvalue weighted by Crippen LogP contribution is -2.27. The van der Waals surface area contributed by atoms with Crippen LogP contribution in [0.25, 0.3) is 22.4 Å². The summed E-state index contributed by atoms with van der Waals surface area (Å²) in [4.78, 5) is 42.7. The van der Waals surface area contributed by atoms with Crippen molar-refractivity contribution >= 4 is 45.9 Å². The minimum atomic E-state index is -4.93. The van der Waals surface area contributed by atoms with Crippen LogP contribution in [0.15, 0.2) is 37.8 Å². The predicted octanol–water partition coefficient (Wildman–Crippen LogP) is 5.08. The SMILES string of the molecule is Cc1oc2c(c1CC(=O)/N=c1\scc(-c3ccc(OC(F)(F)F)c(Cl)c3)n1COC(=O)C(C)(C)C)c(=O)n(C)n2C. The van der Waals surface area contributed by atoms with E-state index in [2.05, 4.69) is 9.73 Å². The third kappa shape index (κ3) is 6.27. The van der Waals surface area contributed by atoms with E-state index >= 15 is 0 Å². The lowest BCUT2D eigenvalue weighted by atomic mass is 9.98. The van der Waals surface area contributed by atoms with E-state index in [1.54, 1.807) is 47.2 Å². The molecule has 4 aromatic rings. The van der Waals surface area contributed by atoms with Crippen LogP contribution in [-0.4, -0.2) is 32.2 Å². The van der Waals surface area contributed by atoms with Crippen molar-refractivity contribution in [1.82, 2.24) is 13.9 Å². The Morgan fingerprint density at radius 3 is 2.44 bits per heavy atom. The summed E-state index contributed by atoms with van der Waals surface area (Å²) in [5, 5.41) is 1.58. The van der Waals surface area contributed by atoms with Crippen LogP contribution in [0.4, 0.5) is 13.2 Å². The Hall–Kier alpha value is -3.78. The molecule has 1 aromatic carbocycles. The molecule has 0 spiro atoms. The maximum absolute atomic E-state index is 13.1. The van der Waals surface area contributed by atoms with Gasteiger partial charge in [-0.25, -0.2) is 0 Å². The van der Waals surface area contributed by atoms with Gasteiger partial charge in [0.25, 0.3) is 11.5 Å². The highest BCUT2D eigenvalue weighted by molar-refractivity contribution is 7.07. The summed E-state index contributed by atoms with van der Waals surface area (Å²) in [5.74, 6) is -1.31. The Morgan fingerprint density at radius 1 is 1.15 bits per heavy atom. The molecule has 0 fully saturated rings. The number of aryl methyl sites for hydroxylation is 2. The number of hydrogen-bond donors (Lipinski definition) is 0. The number of thiazole rings is 1. The zero-order valence-electron chi connectivity index (χ0n) is 22.9. The Morgan fingerprint density at radius 2 is 1.83 bits per heavy atom. The molecular weight excluding hydrogens is 589 g/mol. The van der Waals surface area contributed by atoms with Gasteiger partial charge >= 0.3 is 12.3 Å². The fourth-order valence-corrected chi connectivity index (χ4v) is 5.07. The van der Waals surface area contributed by atoms with Gasteiger partial charge in [-0.15, -0.1) is 24.5 Å². The largest absolute Gasteiger partial charge is 0.573 e. The van der Waals surface area contributed by atoms with Gasteiger partial charge in [0.2, 0.25) is 5.71 Å². The van der Waals surface area contributed by atoms with E-state index < -0.39 is 29.4 Å². The second kappa shape index (κ2) is 10.9. The summed E-state index contributed by atoms with van der Waals surface area (Å²) < 4.78 is 57.5. The van der Waals surface area contributed by atoms with Gasteiger partial charge in [0.05, 0.1) is 22.6 Å². The average Bonchev–Trinajstić information content (AvgIpc) is 3.47. The minimum absolute atomic E-state index is 0.150. The van der Waals surface area contributed by atoms with Gasteiger partial charge < -0.3 is 13.9 Å². The Labute approximate surface area is 240 Å². The van der Waals surface area contributed by atoms with Crippen molar-refractivity contribution in [3.8, 4) is 17.0 Å². The number of hydrogen-bond acceptors (Lipinski definition) is 7. The average molecular weight is 615 g/mol. The van der Waals surface area contributed by atoms with Crippen LogP contribution in [0.2, 0.25) is 5.02 Å². The molecule has 0 unspecified atom stereocenters. The van der Waals surface area contributed by atoms with Crippen LogP contribution in [0.5, 0.6) is 5.75 Å². The molecule has 0 radical (unpaired) electrons. The maximum Gasteiger partial charge on any atom is 0.573 e. The molecule has 3 aromatic heterocycles. The van der Waals surface area contributed by atoms with Crippen LogP contribution in [0, 0.1) is 12.3 Å². The number of aromatic nitrogens is 3. The Kier molecular flexibility index (Phi) is 8.02. The molecular formula is C26H26ClF3N4O6S. The van der Waals surface area contributed by atoms with Crippen LogP contribution in [0.1, 0.15) is 32.1 Å². The highest BCUT2D eigenvalue weighted by Crippen LogP contribution is 2.34. The smallest absolute Gasteiger partial charge is 0.443 e. The third-order valence-corrected chi connectivity index (χ3v) is 7.34. The monoisotopic (exact) mass is 614 g/mol. The summed E-state index contributed by atoms with van der Waals surface area (Å²) in [6.45, 7) is 6.32. The van der Waals surface area contributed by atoms with E-state index in [1.165, 1.54) is 26.1 Å². The molecule has 0 aliphatic carbocycles. The molecule has 10 nitrogen and oxygen atoms in total. The fraction of sp³-hybridized carbons (Fsp3) is 0.385. The van der Waals surface area contributed by atoms with Crippen LogP contribution in [0.3, 0.4) is 0 Å². The Bertz CT molecular complexity index is 1790. The number of nitrogens with zero attached hydrogens (tertiary/aromatic N) is 4. The number of rotatable bonds is 6. The molecule has 0 bridgehead atoms. The summed E-state index contributed by atoms with van der Waals surface area (Å²) in [7, 11) is 3.23. The zero-order chi connectivity index (χ0) is 30.4. The van der Waals surface area contributed by atoms with Crippen LogP contribution < -0.4 is 15.1 Å². The molecule has 220 valence electrons. The van der Waals surface area contributed by atoms with Crippen molar-refractivity contribution in [2.24, 2.45) is 24.5 Å². The molecule has 0 aliphatic heterocycles. The molecule has 0 saturated heterocycles. The molecule has 41 heavy (non-hydrogen) atoms. The van der Waals surface area contributed by atoms with Gasteiger partial charge in [-0.2, -0.15) is 4.99 Å². The number of amides is 1. The van der Waals surface area contributed by atoms with Gasteiger partial charge in [0, 0.05) is 30.6 Å². The normalized spacial score (nSPS) is 12.8. The number of esters is 1. The standard InChI is InChI=1S/C26H26ClF3N4O6S/c1-13-15(20-21(36)32(5)33(6)22(20)39-13)10-19(35)31-24-34(12-38-23(37)25(2,3)4)17(11-41-24)14-7-8-18(16(27)9-14)40-26(28,29)30/h7-9,11H,10,12H2,1-6H3/b31-24-. The van der Waals surface area contributed by atoms with Crippen molar-refractivity contribution in [2.45, 2.75) is 47.2 Å². The van der Waals surface area contributed by atoms with E-state index in [9.17, 15) is 27.6 Å². The van der Waals surface area contributed by atoms with Gasteiger partial charge in [-0.05, 0) is 45.9 Å². The van der Waals surface area contributed by atoms with Crippen molar-refractivity contribution in [1.29, 1.82) is 0 Å². The van der Waals surface area contributed by atoms with Crippen molar-refractivity contribution in [2.75, 3.05) is 0 Å². The Balaban J connectivity index is 1.74. The molecule has 0 N–H and O–H groups in total. The van der Waals surface area contributed by atoms with Gasteiger partial charge in [-0.1, -0.05) is 11.6 Å². The first-order valence-electron chi connectivity index (χ1n) is 12.1. The number of carbonyl (C=O) groups is 2. The first-order chi connectivity index (χ1) is 19.0. The zero-order valence-corrected chi connectivity index (χ0v) is 24.5. The van der Waals surface area contributed by atoms with E-state index in [1.807, 2.05) is 0 Å². The first-order valence-corrected chi connectivity index (χ1v) is 13.4. The first kappa shape index (κ1) is 30.2. The van der Waals surface area contributed by atoms with E-state index in [-0.39, 0.29) is 33.9 Å². The third-order valence-electron chi connectivity index (χ3n) is 6.18. The number of alkyl halides is 3. The highest BCUT2D eigenvalue weighted by atomic mass is 35.5. The second-order valence-corrected chi connectivity index (χ2v) is 11.4. The molecule has 3 heterocycles. The number of carbonyl (C=O) groups excluding carboxylic acids is 2. The summed E-state index contributed by atoms with van der Waals surface area (Å²) in [6.07, 6.45) is -5.16. The summed E-state index contributed by atoms with van der Waals surface area (Å²) in [5.41, 5.74) is 0.332. The van der Waals surface area contributed by atoms with Crippen molar-refractivity contribution in [3.63, 3.8) is 0 Å². The minimum Gasteiger partial charge on any atom is -0.443 e. The highest BCUT2D eigenvalue weighted by Gasteiger charge is 2.32. The molecule has 0 saturated carbocycles. The number of halogens is 4. The quantitative estimate of drug-likeness (QED) is 0.280. The predicted molar refractivity (Wildman–Crippen MR) is 144 cm³/mol. The number of benzene rings is 1. The maximum atomic E-state index is 13.1. The van der Waals surface area contributed by atoms with Crippen LogP contribution in [-0.2, 0) is 41.6 Å². The number of ether oxygens (including phenoxy) is 2. The fourth-order valence-electron chi connectivity index (χ4n) is 3.94. The molecule has 4 rings (SSSR count). The van der Waals surface area contributed by atoms with Gasteiger partial charge in [0.1, 0.15) is 16.9 Å². The number of furan rings is 1. The number of fused-ring (bicyclic) bond motifs is 1. The topological polar surface area (TPSA) is 110 Å². The van der Waals surface area contributed by atoms with E-state index in [0.29, 0.717) is 28.3 Å². The molecule has 1 amide bonds. The van der Waals surface area contributed by atoms with E-state index in [4.69, 9.17) is 20.8 Å². The van der Waals surface area contributed by atoms with Crippen molar-refractivity contribution in [3.05, 3.63) is 55.1 Å². The lowest BCUT2D eigenvalue weighted by molar-refractivity contribution is -0.274. The van der Waals surface area contributed by atoms with Gasteiger partial charge in [0.15, 0.2) is 11.5 Å². The van der Waals surface area contributed by atoms with E-state index in [0.717, 1.165) is 17.4 Å². The second-order valence-electron chi connectivity index (χ2n) is 10.2. The molecule has 0 aliphatic rings. The molecule has 0 atom stereocenters. The lowest BCUT2D eigenvalue weighted by Gasteiger charge is -2.18. The molecule has 15 heteroatoms. The summed E-state index contributed by atoms with van der Waals surface area (Å²) >= 11 is 7.10. The van der Waals surface area contributed by atoms with Gasteiger partial charge in [-0.3, -0.25) is 28.3 Å². The van der Waals surface area contributed by atoms with Crippen molar-refractivity contribution < 1.29 is 36.7 Å². The van der Waals surface area contributed by atoms with Crippen LogP contribution >= 0.6 is 22.9 Å².